The monoisotopic (exact) mass is 343 g/mol. The summed E-state index contributed by atoms with van der Waals surface area (Å²) in [6.45, 7) is 0.234. The first-order valence-corrected chi connectivity index (χ1v) is 6.70. The number of hydrogen-bond donors (Lipinski definition) is 0. The molecule has 0 bridgehead atoms. The van der Waals surface area contributed by atoms with Crippen LogP contribution in [0.25, 0.3) is 0 Å². The number of halogens is 8. The maximum atomic E-state index is 13.3. The second-order valence-electron chi connectivity index (χ2n) is 5.21. The van der Waals surface area contributed by atoms with Crippen LogP contribution in [0.2, 0.25) is 0 Å². The van der Waals surface area contributed by atoms with E-state index < -0.39 is 37.0 Å². The van der Waals surface area contributed by atoms with Gasteiger partial charge >= 0.3 is 24.2 Å². The molecule has 0 radical (unpaired) electrons. The van der Waals surface area contributed by atoms with E-state index in [0.717, 1.165) is 19.3 Å². The van der Waals surface area contributed by atoms with Gasteiger partial charge in [-0.1, -0.05) is 6.42 Å². The van der Waals surface area contributed by atoms with Crippen molar-refractivity contribution in [3.63, 3.8) is 0 Å². The minimum absolute atomic E-state index is 0.496. The quantitative estimate of drug-likeness (QED) is 0.648. The Hall–Kier alpha value is -0.640. The summed E-state index contributed by atoms with van der Waals surface area (Å²) in [6.07, 6.45) is -3.44. The van der Waals surface area contributed by atoms with E-state index in [9.17, 15) is 35.1 Å². The molecule has 0 N–H and O–H groups in total. The third-order valence-electron chi connectivity index (χ3n) is 3.56. The zero-order valence-electron chi connectivity index (χ0n) is 11.8. The second kappa shape index (κ2) is 6.86. The van der Waals surface area contributed by atoms with Gasteiger partial charge in [0.05, 0.1) is 0 Å². The molecule has 0 spiro atoms. The summed E-state index contributed by atoms with van der Waals surface area (Å²) in [5.74, 6) is -17.8. The Kier molecular flexibility index (Phi) is 6.05. The van der Waals surface area contributed by atoms with Crippen molar-refractivity contribution in [1.82, 2.24) is 4.90 Å². The summed E-state index contributed by atoms with van der Waals surface area (Å²) >= 11 is 0. The van der Waals surface area contributed by atoms with Crippen molar-refractivity contribution in [2.75, 3.05) is 19.7 Å². The number of piperidine rings is 1. The van der Waals surface area contributed by atoms with Gasteiger partial charge in [-0.25, -0.2) is 8.78 Å². The van der Waals surface area contributed by atoms with Gasteiger partial charge in [-0.05, 0) is 19.8 Å². The lowest BCUT2D eigenvalue weighted by molar-refractivity contribution is -0.349. The van der Waals surface area contributed by atoms with Gasteiger partial charge in [-0.3, -0.25) is 4.90 Å². The van der Waals surface area contributed by atoms with Crippen molar-refractivity contribution in [3.05, 3.63) is 0 Å². The van der Waals surface area contributed by atoms with E-state index in [-0.39, 0.29) is 0 Å². The molecule has 0 aliphatic carbocycles. The standard InChI is InChI=1S/C12H17F8NO/c1-8(21-5-3-2-4-6-21)22-7-10(15,16)12(19,20)11(17,18)9(13)14/h8-9H,2-7H2,1H3. The van der Waals surface area contributed by atoms with Crippen LogP contribution in [0.1, 0.15) is 26.2 Å². The predicted molar refractivity (Wildman–Crippen MR) is 61.7 cm³/mol. The predicted octanol–water partition coefficient (Wildman–Crippen LogP) is 4.01. The highest BCUT2D eigenvalue weighted by Crippen LogP contribution is 2.48. The highest BCUT2D eigenvalue weighted by atomic mass is 19.4. The number of nitrogens with zero attached hydrogens (tertiary/aromatic N) is 1. The highest BCUT2D eigenvalue weighted by molar-refractivity contribution is 4.98. The van der Waals surface area contributed by atoms with E-state index in [1.807, 2.05) is 0 Å². The fourth-order valence-corrected chi connectivity index (χ4v) is 2.08. The molecule has 1 aliphatic rings. The van der Waals surface area contributed by atoms with Crippen LogP contribution in [0, 0.1) is 0 Å². The lowest BCUT2D eigenvalue weighted by Crippen LogP contribution is -2.59. The third kappa shape index (κ3) is 3.81. The average Bonchev–Trinajstić information content (AvgIpc) is 2.45. The van der Waals surface area contributed by atoms with Gasteiger partial charge < -0.3 is 4.74 Å². The highest BCUT2D eigenvalue weighted by Gasteiger charge is 2.75. The zero-order chi connectivity index (χ0) is 17.2. The molecule has 22 heavy (non-hydrogen) atoms. The molecule has 1 heterocycles. The number of ether oxygens (including phenoxy) is 1. The number of alkyl halides is 8. The molecule has 0 aromatic heterocycles. The van der Waals surface area contributed by atoms with Gasteiger partial charge in [0.15, 0.2) is 0 Å². The van der Waals surface area contributed by atoms with E-state index in [4.69, 9.17) is 0 Å². The van der Waals surface area contributed by atoms with Crippen LogP contribution in [0.3, 0.4) is 0 Å². The van der Waals surface area contributed by atoms with Crippen molar-refractivity contribution in [2.24, 2.45) is 0 Å². The normalized spacial score (nSPS) is 20.5. The Morgan fingerprint density at radius 2 is 1.45 bits per heavy atom. The number of rotatable bonds is 7. The maximum Gasteiger partial charge on any atom is 0.380 e. The molecule has 10 heteroatoms. The van der Waals surface area contributed by atoms with E-state index in [2.05, 4.69) is 4.74 Å². The van der Waals surface area contributed by atoms with Crippen LogP contribution in [-0.4, -0.2) is 55.0 Å². The summed E-state index contributed by atoms with van der Waals surface area (Å²) in [6, 6.07) is 0. The van der Waals surface area contributed by atoms with Crippen LogP contribution in [0.5, 0.6) is 0 Å². The van der Waals surface area contributed by atoms with Crippen LogP contribution < -0.4 is 0 Å². The fraction of sp³-hybridized carbons (Fsp3) is 1.00. The van der Waals surface area contributed by atoms with E-state index >= 15 is 0 Å². The Labute approximate surface area is 122 Å². The SMILES string of the molecule is CC(OCC(F)(F)C(F)(F)C(F)(F)C(F)F)N1CCCCC1. The van der Waals surface area contributed by atoms with Crippen molar-refractivity contribution < 1.29 is 39.9 Å². The van der Waals surface area contributed by atoms with Crippen molar-refractivity contribution in [1.29, 1.82) is 0 Å². The fourth-order valence-electron chi connectivity index (χ4n) is 2.08. The third-order valence-corrected chi connectivity index (χ3v) is 3.56. The first kappa shape index (κ1) is 19.4. The lowest BCUT2D eigenvalue weighted by Gasteiger charge is -2.35. The van der Waals surface area contributed by atoms with E-state index in [1.165, 1.54) is 6.92 Å². The smallest absolute Gasteiger partial charge is 0.357 e. The topological polar surface area (TPSA) is 12.5 Å². The molecule has 0 saturated carbocycles. The molecule has 1 saturated heterocycles. The van der Waals surface area contributed by atoms with Crippen LogP contribution in [-0.2, 0) is 4.74 Å². The molecular formula is C12H17F8NO. The summed E-state index contributed by atoms with van der Waals surface area (Å²) in [7, 11) is 0. The van der Waals surface area contributed by atoms with Gasteiger partial charge in [-0.15, -0.1) is 0 Å². The van der Waals surface area contributed by atoms with Crippen LogP contribution in [0.15, 0.2) is 0 Å². The Morgan fingerprint density at radius 3 is 1.91 bits per heavy atom. The first-order valence-electron chi connectivity index (χ1n) is 6.70. The molecule has 132 valence electrons. The molecule has 1 fully saturated rings. The van der Waals surface area contributed by atoms with Crippen LogP contribution in [0.4, 0.5) is 35.1 Å². The second-order valence-corrected chi connectivity index (χ2v) is 5.21. The first-order chi connectivity index (χ1) is 9.93. The van der Waals surface area contributed by atoms with Gasteiger partial charge in [0.25, 0.3) is 0 Å². The molecular weight excluding hydrogens is 326 g/mol. The number of likely N-dealkylation sites (tertiary alicyclic amines) is 1. The molecule has 1 aliphatic heterocycles. The minimum Gasteiger partial charge on any atom is -0.357 e. The minimum atomic E-state index is -6.21. The maximum absolute atomic E-state index is 13.3. The van der Waals surface area contributed by atoms with Crippen molar-refractivity contribution >= 4 is 0 Å². The zero-order valence-corrected chi connectivity index (χ0v) is 11.8. The summed E-state index contributed by atoms with van der Waals surface area (Å²) < 4.78 is 106. The average molecular weight is 343 g/mol. The molecule has 0 amide bonds. The Bertz CT molecular complexity index is 357. The van der Waals surface area contributed by atoms with E-state index in [1.54, 1.807) is 4.90 Å². The molecule has 1 unspecified atom stereocenters. The van der Waals surface area contributed by atoms with E-state index in [0.29, 0.717) is 13.1 Å². The molecule has 0 aromatic carbocycles. The summed E-state index contributed by atoms with van der Waals surface area (Å²) in [5.41, 5.74) is 0. The molecule has 2 nitrogen and oxygen atoms in total. The summed E-state index contributed by atoms with van der Waals surface area (Å²) in [4.78, 5) is 1.59. The van der Waals surface area contributed by atoms with Gasteiger partial charge in [-0.2, -0.15) is 26.3 Å². The Morgan fingerprint density at radius 1 is 0.955 bits per heavy atom. The van der Waals surface area contributed by atoms with Crippen molar-refractivity contribution in [3.8, 4) is 0 Å². The molecule has 1 atom stereocenters. The molecule has 1 rings (SSSR count). The molecule has 0 aromatic rings. The lowest BCUT2D eigenvalue weighted by atomic mass is 10.1. The largest absolute Gasteiger partial charge is 0.380 e. The summed E-state index contributed by atoms with van der Waals surface area (Å²) in [5, 5.41) is 0. The van der Waals surface area contributed by atoms with Gasteiger partial charge in [0.2, 0.25) is 0 Å². The van der Waals surface area contributed by atoms with Crippen LogP contribution >= 0.6 is 0 Å². The van der Waals surface area contributed by atoms with Crippen molar-refractivity contribution in [2.45, 2.75) is 56.6 Å². The van der Waals surface area contributed by atoms with Gasteiger partial charge in [0.1, 0.15) is 12.8 Å². The van der Waals surface area contributed by atoms with Gasteiger partial charge in [0, 0.05) is 13.1 Å². The number of hydrogen-bond acceptors (Lipinski definition) is 2. The Balaban J connectivity index is 2.69.